The Morgan fingerprint density at radius 1 is 1.12 bits per heavy atom. The molecular formula is C20H19NO4. The number of nitrogens with one attached hydrogen (secondary N) is 1. The van der Waals surface area contributed by atoms with E-state index >= 15 is 0 Å². The van der Waals surface area contributed by atoms with E-state index in [0.29, 0.717) is 6.42 Å². The van der Waals surface area contributed by atoms with Crippen molar-refractivity contribution in [2.75, 3.05) is 0 Å². The van der Waals surface area contributed by atoms with Gasteiger partial charge in [0.2, 0.25) is 0 Å². The van der Waals surface area contributed by atoms with Crippen LogP contribution in [-0.4, -0.2) is 23.2 Å². The average molecular weight is 337 g/mol. The van der Waals surface area contributed by atoms with Gasteiger partial charge in [0.1, 0.15) is 6.61 Å². The topological polar surface area (TPSA) is 75.6 Å². The number of carboxylic acids is 1. The second-order valence-electron chi connectivity index (χ2n) is 6.01. The van der Waals surface area contributed by atoms with E-state index in [-0.39, 0.29) is 12.6 Å². The fourth-order valence-electron chi connectivity index (χ4n) is 2.94. The second-order valence-corrected chi connectivity index (χ2v) is 6.01. The Labute approximate surface area is 145 Å². The Bertz CT molecular complexity index is 799. The van der Waals surface area contributed by atoms with Gasteiger partial charge in [0, 0.05) is 12.1 Å². The van der Waals surface area contributed by atoms with Crippen LogP contribution in [0.3, 0.4) is 0 Å². The Morgan fingerprint density at radius 2 is 1.88 bits per heavy atom. The Hall–Kier alpha value is -3.08. The van der Waals surface area contributed by atoms with Gasteiger partial charge >= 0.3 is 12.1 Å². The molecule has 1 atom stereocenters. The van der Waals surface area contributed by atoms with Gasteiger partial charge in [0.25, 0.3) is 0 Å². The van der Waals surface area contributed by atoms with Crippen LogP contribution in [0, 0.1) is 0 Å². The zero-order valence-corrected chi connectivity index (χ0v) is 13.6. The average Bonchev–Trinajstić information content (AvgIpc) is 3.00. The lowest BCUT2D eigenvalue weighted by atomic mass is 10.1. The number of hydrogen-bond donors (Lipinski definition) is 2. The van der Waals surface area contributed by atoms with Gasteiger partial charge in [-0.2, -0.15) is 0 Å². The smallest absolute Gasteiger partial charge is 0.407 e. The fourth-order valence-corrected chi connectivity index (χ4v) is 2.94. The van der Waals surface area contributed by atoms with Crippen molar-refractivity contribution in [3.63, 3.8) is 0 Å². The van der Waals surface area contributed by atoms with Crippen molar-refractivity contribution in [2.24, 2.45) is 0 Å². The van der Waals surface area contributed by atoms with Gasteiger partial charge in [-0.05, 0) is 41.2 Å². The van der Waals surface area contributed by atoms with Crippen LogP contribution in [0.5, 0.6) is 0 Å². The summed E-state index contributed by atoms with van der Waals surface area (Å²) in [5.41, 5.74) is 4.08. The molecule has 1 unspecified atom stereocenters. The van der Waals surface area contributed by atoms with Gasteiger partial charge in [0.15, 0.2) is 0 Å². The highest BCUT2D eigenvalue weighted by Crippen LogP contribution is 2.24. The third-order valence-electron chi connectivity index (χ3n) is 4.12. The molecule has 0 fully saturated rings. The fraction of sp³-hybridized carbons (Fsp3) is 0.200. The van der Waals surface area contributed by atoms with Crippen molar-refractivity contribution >= 4 is 18.1 Å². The normalized spacial score (nSPS) is 15.8. The Kier molecular flexibility index (Phi) is 5.14. The highest BCUT2D eigenvalue weighted by Gasteiger charge is 2.23. The molecular weight excluding hydrogens is 318 g/mol. The lowest BCUT2D eigenvalue weighted by Crippen LogP contribution is -2.35. The van der Waals surface area contributed by atoms with Crippen molar-refractivity contribution in [3.05, 3.63) is 76.9 Å². The molecule has 25 heavy (non-hydrogen) atoms. The Morgan fingerprint density at radius 3 is 2.64 bits per heavy atom. The number of benzene rings is 2. The quantitative estimate of drug-likeness (QED) is 0.822. The van der Waals surface area contributed by atoms with E-state index in [9.17, 15) is 9.59 Å². The number of aliphatic carboxylic acids is 1. The largest absolute Gasteiger partial charge is 0.478 e. The summed E-state index contributed by atoms with van der Waals surface area (Å²) in [5, 5.41) is 11.6. The molecule has 0 spiro atoms. The third-order valence-corrected chi connectivity index (χ3v) is 4.12. The summed E-state index contributed by atoms with van der Waals surface area (Å²) in [4.78, 5) is 22.6. The zero-order chi connectivity index (χ0) is 17.6. The molecule has 0 aromatic heterocycles. The summed E-state index contributed by atoms with van der Waals surface area (Å²) in [6.45, 7) is 0.247. The first-order chi connectivity index (χ1) is 12.1. The molecule has 0 heterocycles. The van der Waals surface area contributed by atoms with E-state index < -0.39 is 12.1 Å². The van der Waals surface area contributed by atoms with E-state index in [1.807, 2.05) is 48.5 Å². The first-order valence-electron chi connectivity index (χ1n) is 8.10. The van der Waals surface area contributed by atoms with Crippen molar-refractivity contribution in [3.8, 4) is 0 Å². The lowest BCUT2D eigenvalue weighted by molar-refractivity contribution is -0.131. The number of hydrogen-bond acceptors (Lipinski definition) is 3. The van der Waals surface area contributed by atoms with Crippen molar-refractivity contribution < 1.29 is 19.4 Å². The maximum absolute atomic E-state index is 12.0. The van der Waals surface area contributed by atoms with E-state index in [2.05, 4.69) is 5.32 Å². The molecule has 0 bridgehead atoms. The lowest BCUT2D eigenvalue weighted by Gasteiger charge is -2.12. The predicted octanol–water partition coefficient (Wildman–Crippen LogP) is 3.18. The van der Waals surface area contributed by atoms with Crippen molar-refractivity contribution in [1.29, 1.82) is 0 Å². The van der Waals surface area contributed by atoms with Gasteiger partial charge in [-0.1, -0.05) is 48.5 Å². The summed E-state index contributed by atoms with van der Waals surface area (Å²) in [5.74, 6) is -0.971. The van der Waals surface area contributed by atoms with E-state index in [1.54, 1.807) is 6.08 Å². The molecule has 128 valence electrons. The number of carboxylic acid groups (broad SMARTS) is 1. The molecule has 1 aliphatic carbocycles. The number of amides is 1. The minimum Gasteiger partial charge on any atom is -0.478 e. The summed E-state index contributed by atoms with van der Waals surface area (Å²) >= 11 is 0. The minimum absolute atomic E-state index is 0.00280. The van der Waals surface area contributed by atoms with Crippen LogP contribution in [-0.2, 0) is 29.0 Å². The number of alkyl carbamates (subject to hydrolysis) is 1. The molecule has 5 nitrogen and oxygen atoms in total. The molecule has 2 aromatic carbocycles. The molecule has 5 heteroatoms. The monoisotopic (exact) mass is 337 g/mol. The first-order valence-corrected chi connectivity index (χ1v) is 8.10. The maximum atomic E-state index is 12.0. The van der Waals surface area contributed by atoms with Crippen LogP contribution in [0.15, 0.2) is 54.6 Å². The van der Waals surface area contributed by atoms with Gasteiger partial charge in [-0.15, -0.1) is 0 Å². The zero-order valence-electron chi connectivity index (χ0n) is 13.6. The van der Waals surface area contributed by atoms with Crippen LogP contribution >= 0.6 is 0 Å². The van der Waals surface area contributed by atoms with Gasteiger partial charge in [-0.25, -0.2) is 9.59 Å². The predicted molar refractivity (Wildman–Crippen MR) is 94.1 cm³/mol. The Balaban J connectivity index is 1.53. The number of fused-ring (bicyclic) bond motifs is 1. The summed E-state index contributed by atoms with van der Waals surface area (Å²) in [7, 11) is 0. The highest BCUT2D eigenvalue weighted by atomic mass is 16.5. The van der Waals surface area contributed by atoms with Crippen molar-refractivity contribution in [2.45, 2.75) is 25.5 Å². The highest BCUT2D eigenvalue weighted by molar-refractivity contribution is 5.85. The molecule has 3 rings (SSSR count). The number of ether oxygens (including phenoxy) is 1. The maximum Gasteiger partial charge on any atom is 0.407 e. The molecule has 0 aliphatic heterocycles. The van der Waals surface area contributed by atoms with Crippen molar-refractivity contribution in [1.82, 2.24) is 5.32 Å². The van der Waals surface area contributed by atoms with Crippen LogP contribution in [0.25, 0.3) is 6.08 Å². The van der Waals surface area contributed by atoms with Crippen LogP contribution in [0.2, 0.25) is 0 Å². The van der Waals surface area contributed by atoms with Crippen LogP contribution in [0.4, 0.5) is 4.79 Å². The first kappa shape index (κ1) is 16.8. The standard InChI is InChI=1S/C20H19NO4/c22-19(23)9-7-14-6-8-16-11-18(12-17(16)10-14)21-20(24)25-13-15-4-2-1-3-5-15/h1-10,18H,11-13H2,(H,21,24)(H,22,23). The molecule has 1 amide bonds. The number of carbonyl (C=O) groups excluding carboxylic acids is 1. The molecule has 0 saturated carbocycles. The summed E-state index contributed by atoms with van der Waals surface area (Å²) in [6, 6.07) is 15.4. The number of carbonyl (C=O) groups is 2. The van der Waals surface area contributed by atoms with Gasteiger partial charge in [-0.3, -0.25) is 0 Å². The molecule has 1 aliphatic rings. The molecule has 2 aromatic rings. The summed E-state index contributed by atoms with van der Waals surface area (Å²) in [6.07, 6.45) is 3.72. The van der Waals surface area contributed by atoms with Gasteiger partial charge < -0.3 is 15.2 Å². The third kappa shape index (κ3) is 4.70. The number of rotatable bonds is 5. The summed E-state index contributed by atoms with van der Waals surface area (Å²) < 4.78 is 5.25. The van der Waals surface area contributed by atoms with Gasteiger partial charge in [0.05, 0.1) is 0 Å². The second kappa shape index (κ2) is 7.66. The van der Waals surface area contributed by atoms with E-state index in [0.717, 1.165) is 29.2 Å². The molecule has 0 saturated heterocycles. The van der Waals surface area contributed by atoms with E-state index in [1.165, 1.54) is 5.56 Å². The molecule has 2 N–H and O–H groups in total. The minimum atomic E-state index is -0.971. The molecule has 0 radical (unpaired) electrons. The van der Waals surface area contributed by atoms with Crippen LogP contribution in [0.1, 0.15) is 22.3 Å². The SMILES string of the molecule is O=C(O)C=Cc1ccc2c(c1)CC(NC(=O)OCc1ccccc1)C2. The van der Waals surface area contributed by atoms with Crippen LogP contribution < -0.4 is 5.32 Å². The van der Waals surface area contributed by atoms with E-state index in [4.69, 9.17) is 9.84 Å².